The van der Waals surface area contributed by atoms with Gasteiger partial charge in [-0.25, -0.2) is 0 Å². The number of ketones is 1. The van der Waals surface area contributed by atoms with Gasteiger partial charge in [-0.15, -0.1) is 0 Å². The molecule has 1 aromatic carbocycles. The number of carbonyl (C=O) groups is 1. The molecule has 0 radical (unpaired) electrons. The van der Waals surface area contributed by atoms with Crippen LogP contribution in [0.3, 0.4) is 0 Å². The molecule has 136 valence electrons. The van der Waals surface area contributed by atoms with Gasteiger partial charge >= 0.3 is 0 Å². The number of benzene rings is 1. The lowest BCUT2D eigenvalue weighted by molar-refractivity contribution is -0.0753. The third-order valence-corrected chi connectivity index (χ3v) is 5.65. The first kappa shape index (κ1) is 18.3. The zero-order valence-corrected chi connectivity index (χ0v) is 15.4. The molecule has 4 unspecified atom stereocenters. The lowest BCUT2D eigenvalue weighted by atomic mass is 9.80. The summed E-state index contributed by atoms with van der Waals surface area (Å²) in [5, 5.41) is 0. The Labute approximate surface area is 151 Å². The number of allylic oxidation sites excluding steroid dienone is 2. The Morgan fingerprint density at radius 3 is 2.80 bits per heavy atom. The average Bonchev–Trinajstić information content (AvgIpc) is 3.08. The molecular weight excluding hydrogens is 312 g/mol. The normalized spacial score (nSPS) is 27.8. The van der Waals surface area contributed by atoms with E-state index < -0.39 is 0 Å². The molecule has 1 aromatic rings. The van der Waals surface area contributed by atoms with E-state index in [2.05, 4.69) is 19.9 Å². The van der Waals surface area contributed by atoms with Crippen LogP contribution in [0, 0.1) is 11.8 Å². The topological polar surface area (TPSA) is 35.5 Å². The molecule has 0 spiro atoms. The minimum absolute atomic E-state index is 0.0540. The van der Waals surface area contributed by atoms with E-state index in [1.807, 2.05) is 30.3 Å². The highest BCUT2D eigenvalue weighted by atomic mass is 16.7. The lowest BCUT2D eigenvalue weighted by Crippen LogP contribution is -2.21. The van der Waals surface area contributed by atoms with Crippen LogP contribution in [-0.4, -0.2) is 24.8 Å². The monoisotopic (exact) mass is 342 g/mol. The van der Waals surface area contributed by atoms with Crippen LogP contribution in [0.4, 0.5) is 0 Å². The molecule has 0 N–H and O–H groups in total. The summed E-state index contributed by atoms with van der Waals surface area (Å²) in [6.45, 7) is 5.16. The summed E-state index contributed by atoms with van der Waals surface area (Å²) in [5.74, 6) is 1.54. The van der Waals surface area contributed by atoms with Crippen molar-refractivity contribution >= 4 is 5.78 Å². The molecule has 25 heavy (non-hydrogen) atoms. The quantitative estimate of drug-likeness (QED) is 0.507. The Hall–Kier alpha value is -1.45. The number of rotatable bonds is 7. The highest BCUT2D eigenvalue weighted by Gasteiger charge is 2.30. The second-order valence-corrected chi connectivity index (χ2v) is 7.65. The molecule has 0 bridgehead atoms. The minimum atomic E-state index is -0.0983. The van der Waals surface area contributed by atoms with Gasteiger partial charge in [-0.05, 0) is 44.4 Å². The Balaban J connectivity index is 1.39. The van der Waals surface area contributed by atoms with Gasteiger partial charge in [0.1, 0.15) is 0 Å². The van der Waals surface area contributed by atoms with E-state index in [4.69, 9.17) is 9.47 Å². The van der Waals surface area contributed by atoms with Crippen molar-refractivity contribution in [1.29, 1.82) is 0 Å². The van der Waals surface area contributed by atoms with Crippen molar-refractivity contribution in [2.75, 3.05) is 6.61 Å². The van der Waals surface area contributed by atoms with E-state index in [-0.39, 0.29) is 18.2 Å². The van der Waals surface area contributed by atoms with E-state index in [9.17, 15) is 4.79 Å². The van der Waals surface area contributed by atoms with Crippen LogP contribution < -0.4 is 0 Å². The molecule has 1 saturated heterocycles. The minimum Gasteiger partial charge on any atom is -0.350 e. The summed E-state index contributed by atoms with van der Waals surface area (Å²) >= 11 is 0. The smallest absolute Gasteiger partial charge is 0.162 e. The van der Waals surface area contributed by atoms with Crippen molar-refractivity contribution in [2.45, 2.75) is 64.8 Å². The van der Waals surface area contributed by atoms with Gasteiger partial charge in [-0.1, -0.05) is 48.9 Å². The summed E-state index contributed by atoms with van der Waals surface area (Å²) in [4.78, 5) is 12.2. The Morgan fingerprint density at radius 2 is 2.08 bits per heavy atom. The predicted octanol–water partition coefficient (Wildman–Crippen LogP) is 5.16. The van der Waals surface area contributed by atoms with Crippen LogP contribution in [0.1, 0.15) is 62.7 Å². The van der Waals surface area contributed by atoms with Gasteiger partial charge < -0.3 is 9.47 Å². The molecule has 3 rings (SSSR count). The fourth-order valence-corrected chi connectivity index (χ4v) is 3.84. The first-order chi connectivity index (χ1) is 12.1. The van der Waals surface area contributed by atoms with Crippen molar-refractivity contribution in [1.82, 2.24) is 0 Å². The fourth-order valence-electron chi connectivity index (χ4n) is 3.84. The number of hydrogen-bond acceptors (Lipinski definition) is 3. The van der Waals surface area contributed by atoms with E-state index in [0.29, 0.717) is 18.9 Å². The van der Waals surface area contributed by atoms with E-state index >= 15 is 0 Å². The summed E-state index contributed by atoms with van der Waals surface area (Å²) < 4.78 is 11.9. The van der Waals surface area contributed by atoms with Gasteiger partial charge in [0, 0.05) is 18.4 Å². The third-order valence-electron chi connectivity index (χ3n) is 5.65. The Bertz CT molecular complexity index is 593. The molecular formula is C22H30O3. The van der Waals surface area contributed by atoms with Crippen molar-refractivity contribution in [3.63, 3.8) is 0 Å². The van der Waals surface area contributed by atoms with Gasteiger partial charge in [0.05, 0.1) is 12.7 Å². The molecule has 1 aliphatic heterocycles. The summed E-state index contributed by atoms with van der Waals surface area (Å²) in [7, 11) is 0. The van der Waals surface area contributed by atoms with E-state index in [0.717, 1.165) is 24.3 Å². The number of hydrogen-bond donors (Lipinski definition) is 0. The van der Waals surface area contributed by atoms with Gasteiger partial charge in [0.2, 0.25) is 0 Å². The molecule has 3 heteroatoms. The molecule has 4 atom stereocenters. The molecule has 0 saturated carbocycles. The van der Waals surface area contributed by atoms with Crippen LogP contribution in [0.5, 0.6) is 0 Å². The predicted molar refractivity (Wildman–Crippen MR) is 99.5 cm³/mol. The first-order valence-electron chi connectivity index (χ1n) is 9.62. The Morgan fingerprint density at radius 1 is 1.28 bits per heavy atom. The molecule has 1 fully saturated rings. The fraction of sp³-hybridized carbons (Fsp3) is 0.591. The van der Waals surface area contributed by atoms with Crippen molar-refractivity contribution in [3.8, 4) is 0 Å². The van der Waals surface area contributed by atoms with Crippen LogP contribution in [0.15, 0.2) is 42.0 Å². The zero-order valence-electron chi connectivity index (χ0n) is 15.4. The maximum Gasteiger partial charge on any atom is 0.162 e. The van der Waals surface area contributed by atoms with Crippen LogP contribution in [-0.2, 0) is 9.47 Å². The molecule has 0 amide bonds. The SMILES string of the molecule is CC1=CCC(C(C)CC2OCC(CCC(=O)c3ccccc3)O2)CC1. The van der Waals surface area contributed by atoms with Gasteiger partial charge in [0.15, 0.2) is 12.1 Å². The number of Topliss-reactive ketones (excluding diaryl/α,β-unsaturated/α-hetero) is 1. The molecule has 1 heterocycles. The van der Waals surface area contributed by atoms with E-state index in [1.165, 1.54) is 24.8 Å². The summed E-state index contributed by atoms with van der Waals surface area (Å²) in [5.41, 5.74) is 2.31. The molecule has 2 aliphatic rings. The Kier molecular flexibility index (Phi) is 6.44. The highest BCUT2D eigenvalue weighted by Crippen LogP contribution is 2.33. The van der Waals surface area contributed by atoms with Crippen molar-refractivity contribution in [2.24, 2.45) is 11.8 Å². The van der Waals surface area contributed by atoms with Gasteiger partial charge in [0.25, 0.3) is 0 Å². The molecule has 3 nitrogen and oxygen atoms in total. The number of ether oxygens (including phenoxy) is 2. The van der Waals surface area contributed by atoms with Crippen molar-refractivity contribution in [3.05, 3.63) is 47.5 Å². The second-order valence-electron chi connectivity index (χ2n) is 7.65. The lowest BCUT2D eigenvalue weighted by Gasteiger charge is -2.28. The summed E-state index contributed by atoms with van der Waals surface area (Å²) in [6, 6.07) is 9.49. The number of carbonyl (C=O) groups excluding carboxylic acids is 1. The maximum atomic E-state index is 12.2. The van der Waals surface area contributed by atoms with Crippen LogP contribution in [0.2, 0.25) is 0 Å². The van der Waals surface area contributed by atoms with Gasteiger partial charge in [-0.3, -0.25) is 4.79 Å². The molecule has 0 aromatic heterocycles. The second kappa shape index (κ2) is 8.77. The zero-order chi connectivity index (χ0) is 17.6. The van der Waals surface area contributed by atoms with Gasteiger partial charge in [-0.2, -0.15) is 0 Å². The van der Waals surface area contributed by atoms with E-state index in [1.54, 1.807) is 0 Å². The van der Waals surface area contributed by atoms with Crippen molar-refractivity contribution < 1.29 is 14.3 Å². The maximum absolute atomic E-state index is 12.2. The standard InChI is InChI=1S/C22H30O3/c1-16-8-10-18(11-9-16)17(2)14-22-24-15-20(25-22)12-13-21(23)19-6-4-3-5-7-19/h3-8,17-18,20,22H,9-15H2,1-2H3. The first-order valence-corrected chi connectivity index (χ1v) is 9.62. The average molecular weight is 342 g/mol. The third kappa shape index (κ3) is 5.26. The largest absolute Gasteiger partial charge is 0.350 e. The molecule has 1 aliphatic carbocycles. The van der Waals surface area contributed by atoms with Crippen LogP contribution >= 0.6 is 0 Å². The summed E-state index contributed by atoms with van der Waals surface area (Å²) in [6.07, 6.45) is 8.26. The highest BCUT2D eigenvalue weighted by molar-refractivity contribution is 5.95. The van der Waals surface area contributed by atoms with Crippen LogP contribution in [0.25, 0.3) is 0 Å².